The Labute approximate surface area is 134 Å². The molecule has 23 heavy (non-hydrogen) atoms. The van der Waals surface area contributed by atoms with E-state index < -0.39 is 5.91 Å². The maximum absolute atomic E-state index is 14.9. The van der Waals surface area contributed by atoms with E-state index in [1.165, 1.54) is 6.07 Å². The molecule has 1 aromatic carbocycles. The molecule has 6 heteroatoms. The molecule has 0 unspecified atom stereocenters. The van der Waals surface area contributed by atoms with Crippen LogP contribution in [0.15, 0.2) is 6.07 Å². The SMILES string of the molecule is Cc1[nH]c2c(CC(N)=O)cc(F)c(N3CCC[C@H](N)C3)c2c1C. The van der Waals surface area contributed by atoms with Crippen LogP contribution in [0, 0.1) is 19.7 Å². The monoisotopic (exact) mass is 318 g/mol. The Morgan fingerprint density at radius 2 is 2.22 bits per heavy atom. The third kappa shape index (κ3) is 2.79. The fourth-order valence-electron chi connectivity index (χ4n) is 3.52. The normalized spacial score (nSPS) is 18.6. The van der Waals surface area contributed by atoms with Crippen LogP contribution in [0.25, 0.3) is 10.9 Å². The minimum absolute atomic E-state index is 0.0204. The number of benzene rings is 1. The number of nitrogens with one attached hydrogen (secondary N) is 1. The lowest BCUT2D eigenvalue weighted by Crippen LogP contribution is -2.43. The van der Waals surface area contributed by atoms with Gasteiger partial charge in [-0.05, 0) is 43.9 Å². The number of primary amides is 1. The number of nitrogens with zero attached hydrogens (tertiary/aromatic N) is 1. The number of piperidine rings is 1. The van der Waals surface area contributed by atoms with E-state index >= 15 is 0 Å². The summed E-state index contributed by atoms with van der Waals surface area (Å²) in [7, 11) is 0. The van der Waals surface area contributed by atoms with E-state index in [9.17, 15) is 9.18 Å². The average molecular weight is 318 g/mol. The average Bonchev–Trinajstić information content (AvgIpc) is 2.75. The summed E-state index contributed by atoms with van der Waals surface area (Å²) < 4.78 is 14.9. The second-order valence-corrected chi connectivity index (χ2v) is 6.48. The molecule has 1 amide bonds. The molecule has 0 bridgehead atoms. The van der Waals surface area contributed by atoms with E-state index in [2.05, 4.69) is 4.98 Å². The largest absolute Gasteiger partial charge is 0.369 e. The summed E-state index contributed by atoms with van der Waals surface area (Å²) >= 11 is 0. The number of carbonyl (C=O) groups excluding carboxylic acids is 1. The fourth-order valence-corrected chi connectivity index (χ4v) is 3.52. The van der Waals surface area contributed by atoms with E-state index in [-0.39, 0.29) is 18.3 Å². The number of hydrogen-bond acceptors (Lipinski definition) is 3. The first-order valence-corrected chi connectivity index (χ1v) is 7.97. The standard InChI is InChI=1S/C17H23FN4O/c1-9-10(2)21-16-11(7-14(20)23)6-13(18)17(15(9)16)22-5-3-4-12(19)8-22/h6,12,21H,3-5,7-8,19H2,1-2H3,(H2,20,23)/t12-/m0/s1. The van der Waals surface area contributed by atoms with Gasteiger partial charge in [0.25, 0.3) is 0 Å². The second kappa shape index (κ2) is 5.85. The van der Waals surface area contributed by atoms with Crippen molar-refractivity contribution in [2.75, 3.05) is 18.0 Å². The molecule has 5 N–H and O–H groups in total. The highest BCUT2D eigenvalue weighted by Crippen LogP contribution is 2.37. The van der Waals surface area contributed by atoms with E-state index in [0.717, 1.165) is 41.5 Å². The number of carbonyl (C=O) groups is 1. The van der Waals surface area contributed by atoms with Crippen molar-refractivity contribution >= 4 is 22.5 Å². The Morgan fingerprint density at radius 3 is 2.87 bits per heavy atom. The van der Waals surface area contributed by atoms with E-state index in [1.54, 1.807) is 0 Å². The highest BCUT2D eigenvalue weighted by molar-refractivity contribution is 6.00. The second-order valence-electron chi connectivity index (χ2n) is 6.48. The number of aromatic amines is 1. The van der Waals surface area contributed by atoms with Crippen molar-refractivity contribution in [3.63, 3.8) is 0 Å². The van der Waals surface area contributed by atoms with Crippen molar-refractivity contribution in [1.29, 1.82) is 0 Å². The molecule has 0 saturated carbocycles. The molecule has 124 valence electrons. The first kappa shape index (κ1) is 15.8. The van der Waals surface area contributed by atoms with Crippen LogP contribution in [-0.4, -0.2) is 30.0 Å². The lowest BCUT2D eigenvalue weighted by molar-refractivity contribution is -0.117. The smallest absolute Gasteiger partial charge is 0.221 e. The Kier molecular flexibility index (Phi) is 4.02. The van der Waals surface area contributed by atoms with Gasteiger partial charge < -0.3 is 21.4 Å². The summed E-state index contributed by atoms with van der Waals surface area (Å²) in [4.78, 5) is 16.6. The lowest BCUT2D eigenvalue weighted by Gasteiger charge is -2.33. The molecule has 5 nitrogen and oxygen atoms in total. The van der Waals surface area contributed by atoms with Crippen molar-refractivity contribution in [2.45, 2.75) is 39.2 Å². The lowest BCUT2D eigenvalue weighted by atomic mass is 10.00. The molecule has 1 fully saturated rings. The molecule has 1 atom stereocenters. The first-order chi connectivity index (χ1) is 10.9. The van der Waals surface area contributed by atoms with Crippen LogP contribution < -0.4 is 16.4 Å². The molecule has 2 aromatic rings. The van der Waals surface area contributed by atoms with Crippen LogP contribution in [0.3, 0.4) is 0 Å². The summed E-state index contributed by atoms with van der Waals surface area (Å²) in [5.74, 6) is -0.784. The maximum Gasteiger partial charge on any atom is 0.221 e. The van der Waals surface area contributed by atoms with Gasteiger partial charge in [0, 0.05) is 30.2 Å². The Bertz CT molecular complexity index is 768. The van der Waals surface area contributed by atoms with Crippen molar-refractivity contribution in [3.8, 4) is 0 Å². The first-order valence-electron chi connectivity index (χ1n) is 7.97. The van der Waals surface area contributed by atoms with E-state index in [1.807, 2.05) is 18.7 Å². The Morgan fingerprint density at radius 1 is 1.48 bits per heavy atom. The predicted octanol–water partition coefficient (Wildman–Crippen LogP) is 1.88. The van der Waals surface area contributed by atoms with Gasteiger partial charge in [-0.25, -0.2) is 4.39 Å². The summed E-state index contributed by atoms with van der Waals surface area (Å²) in [6.07, 6.45) is 1.94. The number of aromatic nitrogens is 1. The topological polar surface area (TPSA) is 88.1 Å². The number of anilines is 1. The van der Waals surface area contributed by atoms with Crippen molar-refractivity contribution < 1.29 is 9.18 Å². The molecule has 1 saturated heterocycles. The van der Waals surface area contributed by atoms with Crippen LogP contribution >= 0.6 is 0 Å². The van der Waals surface area contributed by atoms with E-state index in [4.69, 9.17) is 11.5 Å². The number of H-pyrrole nitrogens is 1. The van der Waals surface area contributed by atoms with Crippen LogP contribution in [0.2, 0.25) is 0 Å². The maximum atomic E-state index is 14.9. The van der Waals surface area contributed by atoms with Crippen LogP contribution in [0.4, 0.5) is 10.1 Å². The number of nitrogens with two attached hydrogens (primary N) is 2. The molecule has 1 aromatic heterocycles. The van der Waals surface area contributed by atoms with Gasteiger partial charge >= 0.3 is 0 Å². The Hall–Kier alpha value is -2.08. The number of halogens is 1. The number of fused-ring (bicyclic) bond motifs is 1. The molecule has 2 heterocycles. The molecular formula is C17H23FN4O. The highest BCUT2D eigenvalue weighted by Gasteiger charge is 2.25. The van der Waals surface area contributed by atoms with Gasteiger partial charge in [-0.15, -0.1) is 0 Å². The van der Waals surface area contributed by atoms with Gasteiger partial charge in [0.05, 0.1) is 17.6 Å². The summed E-state index contributed by atoms with van der Waals surface area (Å²) in [5.41, 5.74) is 15.3. The predicted molar refractivity (Wildman–Crippen MR) is 90.1 cm³/mol. The third-order valence-electron chi connectivity index (χ3n) is 4.72. The highest BCUT2D eigenvalue weighted by atomic mass is 19.1. The zero-order valence-corrected chi connectivity index (χ0v) is 13.6. The minimum atomic E-state index is -0.469. The van der Waals surface area contributed by atoms with Crippen molar-refractivity contribution in [2.24, 2.45) is 11.5 Å². The zero-order chi connectivity index (χ0) is 16.7. The van der Waals surface area contributed by atoms with E-state index in [0.29, 0.717) is 17.8 Å². The van der Waals surface area contributed by atoms with Crippen LogP contribution in [-0.2, 0) is 11.2 Å². The quantitative estimate of drug-likeness (QED) is 0.807. The molecule has 0 aliphatic carbocycles. The number of aryl methyl sites for hydroxylation is 2. The number of rotatable bonds is 3. The summed E-state index contributed by atoms with van der Waals surface area (Å²) in [5, 5.41) is 0.841. The van der Waals surface area contributed by atoms with Gasteiger partial charge in [0.15, 0.2) is 0 Å². The molecule has 0 spiro atoms. The van der Waals surface area contributed by atoms with Crippen molar-refractivity contribution in [3.05, 3.63) is 28.7 Å². The minimum Gasteiger partial charge on any atom is -0.369 e. The molecular weight excluding hydrogens is 295 g/mol. The molecule has 0 radical (unpaired) electrons. The summed E-state index contributed by atoms with van der Waals surface area (Å²) in [6.45, 7) is 5.35. The Balaban J connectivity index is 2.21. The van der Waals surface area contributed by atoms with Crippen LogP contribution in [0.1, 0.15) is 29.7 Å². The number of hydrogen-bond donors (Lipinski definition) is 3. The third-order valence-corrected chi connectivity index (χ3v) is 4.72. The molecule has 1 aliphatic heterocycles. The summed E-state index contributed by atoms with van der Waals surface area (Å²) in [6, 6.07) is 1.49. The van der Waals surface area contributed by atoms with Crippen molar-refractivity contribution in [1.82, 2.24) is 4.98 Å². The molecule has 1 aliphatic rings. The van der Waals surface area contributed by atoms with Gasteiger partial charge in [-0.2, -0.15) is 0 Å². The van der Waals surface area contributed by atoms with Gasteiger partial charge in [-0.1, -0.05) is 0 Å². The van der Waals surface area contributed by atoms with Gasteiger partial charge in [0.2, 0.25) is 5.91 Å². The number of amides is 1. The molecule has 3 rings (SSSR count). The fraction of sp³-hybridized carbons (Fsp3) is 0.471. The van der Waals surface area contributed by atoms with Crippen LogP contribution in [0.5, 0.6) is 0 Å². The van der Waals surface area contributed by atoms with Gasteiger partial charge in [-0.3, -0.25) is 4.79 Å². The van der Waals surface area contributed by atoms with Gasteiger partial charge in [0.1, 0.15) is 5.82 Å². The zero-order valence-electron chi connectivity index (χ0n) is 13.6.